The molecule has 1 rings (SSSR count). The number of carbonyl (C=O) groups excluding carboxylic acids is 1. The Morgan fingerprint density at radius 2 is 1.96 bits per heavy atom. The van der Waals surface area contributed by atoms with Crippen LogP contribution >= 0.6 is 0 Å². The molecule has 5 heteroatoms. The number of hydrogen-bond donors (Lipinski definition) is 1. The van der Waals surface area contributed by atoms with Gasteiger partial charge >= 0.3 is 0 Å². The predicted octanol–water partition coefficient (Wildman–Crippen LogP) is 4.16. The second kappa shape index (κ2) is 10.2. The molecule has 0 fully saturated rings. The molecule has 2 atom stereocenters. The highest BCUT2D eigenvalue weighted by atomic mass is 16.5. The molecule has 0 aliphatic rings. The van der Waals surface area contributed by atoms with Crippen molar-refractivity contribution in [2.45, 2.75) is 66.5 Å². The van der Waals surface area contributed by atoms with Gasteiger partial charge in [-0.2, -0.15) is 5.26 Å². The molecule has 1 amide bonds. The lowest BCUT2D eigenvalue weighted by Gasteiger charge is -2.17. The fourth-order valence-electron chi connectivity index (χ4n) is 3.20. The van der Waals surface area contributed by atoms with Crippen LogP contribution in [-0.4, -0.2) is 30.2 Å². The summed E-state index contributed by atoms with van der Waals surface area (Å²) in [5.41, 5.74) is 3.15. The van der Waals surface area contributed by atoms with E-state index in [1.165, 1.54) is 0 Å². The third kappa shape index (κ3) is 6.03. The Morgan fingerprint density at radius 1 is 1.31 bits per heavy atom. The number of rotatable bonds is 9. The van der Waals surface area contributed by atoms with E-state index < -0.39 is 0 Å². The average molecular weight is 360 g/mol. The van der Waals surface area contributed by atoms with Gasteiger partial charge in [0.2, 0.25) is 0 Å². The predicted molar refractivity (Wildman–Crippen MR) is 106 cm³/mol. The maximum Gasteiger partial charge on any atom is 0.262 e. The summed E-state index contributed by atoms with van der Waals surface area (Å²) in [4.78, 5) is 12.4. The van der Waals surface area contributed by atoms with Crippen molar-refractivity contribution < 1.29 is 9.53 Å². The summed E-state index contributed by atoms with van der Waals surface area (Å²) in [6.07, 6.45) is 3.64. The maximum atomic E-state index is 12.4. The van der Waals surface area contributed by atoms with Gasteiger partial charge in [0.15, 0.2) is 0 Å². The van der Waals surface area contributed by atoms with Crippen molar-refractivity contribution in [1.82, 2.24) is 9.88 Å². The Labute approximate surface area is 158 Å². The fourth-order valence-corrected chi connectivity index (χ4v) is 3.20. The van der Waals surface area contributed by atoms with Crippen LogP contribution in [0.1, 0.15) is 63.5 Å². The van der Waals surface area contributed by atoms with Crippen molar-refractivity contribution in [2.24, 2.45) is 5.92 Å². The molecule has 0 aromatic carbocycles. The largest absolute Gasteiger partial charge is 0.383 e. The molecule has 0 aliphatic carbocycles. The first-order chi connectivity index (χ1) is 12.2. The Kier molecular flexibility index (Phi) is 8.60. The van der Waals surface area contributed by atoms with E-state index in [1.807, 2.05) is 32.9 Å². The molecule has 26 heavy (non-hydrogen) atoms. The highest BCUT2D eigenvalue weighted by Gasteiger charge is 2.17. The van der Waals surface area contributed by atoms with Crippen LogP contribution in [0.5, 0.6) is 0 Å². The van der Waals surface area contributed by atoms with E-state index in [0.717, 1.165) is 29.8 Å². The van der Waals surface area contributed by atoms with E-state index >= 15 is 0 Å². The molecule has 1 N–H and O–H groups in total. The number of hydrogen-bond acceptors (Lipinski definition) is 3. The Bertz CT molecular complexity index is 680. The molecule has 0 spiro atoms. The van der Waals surface area contributed by atoms with Crippen molar-refractivity contribution in [1.29, 1.82) is 5.26 Å². The standard InChI is InChI=1S/C21H33N3O2/c1-14(2)8-9-15(3)23-21(25)20(12-22)11-19-10-16(4)24(18(19)6)17(5)13-26-7/h10-11,14-15,17H,8-9,13H2,1-7H3,(H,23,25)/b20-11-. The monoisotopic (exact) mass is 359 g/mol. The zero-order chi connectivity index (χ0) is 19.9. The fraction of sp³-hybridized carbons (Fsp3) is 0.619. The molecule has 1 aromatic heterocycles. The minimum absolute atomic E-state index is 0.0517. The van der Waals surface area contributed by atoms with Gasteiger partial charge in [0.25, 0.3) is 5.91 Å². The van der Waals surface area contributed by atoms with Crippen molar-refractivity contribution in [3.05, 3.63) is 28.6 Å². The highest BCUT2D eigenvalue weighted by molar-refractivity contribution is 6.01. The van der Waals surface area contributed by atoms with Gasteiger partial charge in [-0.15, -0.1) is 0 Å². The van der Waals surface area contributed by atoms with Gasteiger partial charge < -0.3 is 14.6 Å². The first-order valence-corrected chi connectivity index (χ1v) is 9.31. The lowest BCUT2D eigenvalue weighted by Crippen LogP contribution is -2.33. The summed E-state index contributed by atoms with van der Waals surface area (Å²) in [5, 5.41) is 12.4. The number of methoxy groups -OCH3 is 1. The van der Waals surface area contributed by atoms with Gasteiger partial charge in [-0.3, -0.25) is 4.79 Å². The Hall–Kier alpha value is -2.06. The van der Waals surface area contributed by atoms with Gasteiger partial charge in [0.1, 0.15) is 11.6 Å². The van der Waals surface area contributed by atoms with Crippen molar-refractivity contribution in [3.8, 4) is 6.07 Å². The summed E-state index contributed by atoms with van der Waals surface area (Å²) >= 11 is 0. The molecule has 0 bridgehead atoms. The van der Waals surface area contributed by atoms with E-state index in [4.69, 9.17) is 4.74 Å². The van der Waals surface area contributed by atoms with E-state index in [9.17, 15) is 10.1 Å². The number of aromatic nitrogens is 1. The summed E-state index contributed by atoms with van der Waals surface area (Å²) in [5.74, 6) is 0.290. The zero-order valence-corrected chi connectivity index (χ0v) is 17.2. The summed E-state index contributed by atoms with van der Waals surface area (Å²) in [6.45, 7) is 13.0. The number of aryl methyl sites for hydroxylation is 1. The SMILES string of the molecule is COCC(C)n1c(C)cc(/C=C(/C#N)C(=O)NC(C)CCC(C)C)c1C. The van der Waals surface area contributed by atoms with Crippen LogP contribution in [0, 0.1) is 31.1 Å². The summed E-state index contributed by atoms with van der Waals surface area (Å²) < 4.78 is 7.42. The highest BCUT2D eigenvalue weighted by Crippen LogP contribution is 2.23. The Balaban J connectivity index is 2.97. The first-order valence-electron chi connectivity index (χ1n) is 9.31. The number of nitriles is 1. The number of carbonyl (C=O) groups is 1. The third-order valence-electron chi connectivity index (χ3n) is 4.59. The van der Waals surface area contributed by atoms with E-state index in [-0.39, 0.29) is 23.6 Å². The molecule has 2 unspecified atom stereocenters. The molecule has 1 aromatic rings. The molecular weight excluding hydrogens is 326 g/mol. The molecular formula is C21H33N3O2. The van der Waals surface area contributed by atoms with E-state index in [2.05, 4.69) is 30.7 Å². The second-order valence-corrected chi connectivity index (χ2v) is 7.52. The summed E-state index contributed by atoms with van der Waals surface area (Å²) in [6, 6.07) is 4.30. The van der Waals surface area contributed by atoms with Gasteiger partial charge in [0.05, 0.1) is 12.6 Å². The van der Waals surface area contributed by atoms with E-state index in [1.54, 1.807) is 13.2 Å². The van der Waals surface area contributed by atoms with Crippen molar-refractivity contribution in [2.75, 3.05) is 13.7 Å². The second-order valence-electron chi connectivity index (χ2n) is 7.52. The van der Waals surface area contributed by atoms with Gasteiger partial charge in [-0.05, 0) is 64.2 Å². The van der Waals surface area contributed by atoms with Crippen LogP contribution in [0.25, 0.3) is 6.08 Å². The van der Waals surface area contributed by atoms with E-state index in [0.29, 0.717) is 12.5 Å². The molecule has 1 heterocycles. The van der Waals surface area contributed by atoms with Crippen LogP contribution in [0.15, 0.2) is 11.6 Å². The smallest absolute Gasteiger partial charge is 0.262 e. The topological polar surface area (TPSA) is 67.0 Å². The lowest BCUT2D eigenvalue weighted by molar-refractivity contribution is -0.117. The molecule has 0 aliphatic heterocycles. The number of nitrogens with one attached hydrogen (secondary N) is 1. The molecule has 144 valence electrons. The normalized spacial score (nSPS) is 14.2. The van der Waals surface area contributed by atoms with Crippen molar-refractivity contribution >= 4 is 12.0 Å². The van der Waals surface area contributed by atoms with Gasteiger partial charge in [-0.1, -0.05) is 13.8 Å². The quantitative estimate of drug-likeness (QED) is 0.532. The van der Waals surface area contributed by atoms with Gasteiger partial charge in [-0.25, -0.2) is 0 Å². The van der Waals surface area contributed by atoms with Crippen LogP contribution in [0.4, 0.5) is 0 Å². The number of ether oxygens (including phenoxy) is 1. The van der Waals surface area contributed by atoms with Crippen LogP contribution in [0.3, 0.4) is 0 Å². The van der Waals surface area contributed by atoms with Crippen LogP contribution in [0.2, 0.25) is 0 Å². The number of nitrogens with zero attached hydrogens (tertiary/aromatic N) is 2. The van der Waals surface area contributed by atoms with Crippen LogP contribution < -0.4 is 5.32 Å². The minimum Gasteiger partial charge on any atom is -0.383 e. The average Bonchev–Trinajstić information content (AvgIpc) is 2.84. The minimum atomic E-state index is -0.307. The van der Waals surface area contributed by atoms with Crippen LogP contribution in [-0.2, 0) is 9.53 Å². The number of amides is 1. The lowest BCUT2D eigenvalue weighted by atomic mass is 10.0. The molecule has 5 nitrogen and oxygen atoms in total. The van der Waals surface area contributed by atoms with Gasteiger partial charge in [0, 0.05) is 24.5 Å². The maximum absolute atomic E-state index is 12.4. The zero-order valence-electron chi connectivity index (χ0n) is 17.2. The molecule has 0 saturated heterocycles. The molecule has 0 saturated carbocycles. The Morgan fingerprint density at radius 3 is 2.50 bits per heavy atom. The van der Waals surface area contributed by atoms with Crippen molar-refractivity contribution in [3.63, 3.8) is 0 Å². The molecule has 0 radical (unpaired) electrons. The summed E-state index contributed by atoms with van der Waals surface area (Å²) in [7, 11) is 1.68. The first kappa shape index (κ1) is 22.0. The third-order valence-corrected chi connectivity index (χ3v) is 4.59.